The Labute approximate surface area is 189 Å². The molecule has 0 radical (unpaired) electrons. The fourth-order valence-electron chi connectivity index (χ4n) is 7.05. The van der Waals surface area contributed by atoms with Gasteiger partial charge in [0.15, 0.2) is 0 Å². The molecule has 1 spiro atoms. The number of hydrogen-bond acceptors (Lipinski definition) is 2. The molecule has 4 aromatic rings. The quantitative estimate of drug-likeness (QED) is 0.292. The molecule has 3 heteroatoms. The molecule has 1 aromatic heterocycles. The van der Waals surface area contributed by atoms with Crippen LogP contribution >= 0.6 is 0 Å². The molecule has 0 amide bonds. The third-order valence-corrected chi connectivity index (χ3v) is 8.54. The van der Waals surface area contributed by atoms with E-state index in [1.165, 1.54) is 71.6 Å². The van der Waals surface area contributed by atoms with Crippen LogP contribution in [0.25, 0.3) is 16.7 Å². The fourth-order valence-corrected chi connectivity index (χ4v) is 7.05. The van der Waals surface area contributed by atoms with Crippen LogP contribution in [0, 0.1) is 6.92 Å². The van der Waals surface area contributed by atoms with Crippen LogP contribution in [-0.2, 0) is 11.8 Å². The predicted octanol–water partition coefficient (Wildman–Crippen LogP) is 6.98. The molecule has 1 unspecified atom stereocenters. The van der Waals surface area contributed by atoms with Gasteiger partial charge in [-0.1, -0.05) is 55.7 Å². The fraction of sp³-hybridized carbons (Fsp3) is 0.345. The minimum atomic E-state index is 0.281. The summed E-state index contributed by atoms with van der Waals surface area (Å²) in [6.45, 7) is 4.77. The Morgan fingerprint density at radius 2 is 1.66 bits per heavy atom. The molecule has 3 nitrogen and oxygen atoms in total. The monoisotopic (exact) mass is 419 g/mol. The lowest BCUT2D eigenvalue weighted by atomic mass is 9.67. The number of nitrogens with zero attached hydrogens (tertiary/aromatic N) is 3. The topological polar surface area (TPSA) is 21.1 Å². The van der Waals surface area contributed by atoms with Crippen LogP contribution in [0.15, 0.2) is 60.7 Å². The Bertz CT molecular complexity index is 1370. The van der Waals surface area contributed by atoms with Gasteiger partial charge in [0.2, 0.25) is 0 Å². The number of fused-ring (bicyclic) bond motifs is 7. The zero-order valence-electron chi connectivity index (χ0n) is 18.9. The van der Waals surface area contributed by atoms with Crippen LogP contribution in [-0.4, -0.2) is 15.6 Å². The molecule has 3 heterocycles. The molecule has 32 heavy (non-hydrogen) atoms. The normalized spacial score (nSPS) is 20.6. The summed E-state index contributed by atoms with van der Waals surface area (Å²) in [6.07, 6.45) is 7.59. The van der Waals surface area contributed by atoms with Crippen molar-refractivity contribution in [3.63, 3.8) is 0 Å². The number of para-hydroxylation sites is 3. The van der Waals surface area contributed by atoms with E-state index in [1.807, 2.05) is 0 Å². The van der Waals surface area contributed by atoms with E-state index in [-0.39, 0.29) is 5.41 Å². The van der Waals surface area contributed by atoms with Crippen LogP contribution in [0.4, 0.5) is 11.4 Å². The second kappa shape index (κ2) is 6.48. The number of rotatable bonds is 1. The van der Waals surface area contributed by atoms with E-state index in [0.29, 0.717) is 6.04 Å². The summed E-state index contributed by atoms with van der Waals surface area (Å²) in [5.74, 6) is 1.17. The van der Waals surface area contributed by atoms with Crippen molar-refractivity contribution >= 4 is 22.4 Å². The average Bonchev–Trinajstić information content (AvgIpc) is 3.43. The first-order valence-electron chi connectivity index (χ1n) is 12.2. The van der Waals surface area contributed by atoms with E-state index in [0.717, 1.165) is 11.9 Å². The summed E-state index contributed by atoms with van der Waals surface area (Å²) >= 11 is 0. The highest BCUT2D eigenvalue weighted by Gasteiger charge is 2.50. The summed E-state index contributed by atoms with van der Waals surface area (Å²) in [6, 6.07) is 22.9. The van der Waals surface area contributed by atoms with Crippen molar-refractivity contribution in [1.29, 1.82) is 0 Å². The van der Waals surface area contributed by atoms with E-state index >= 15 is 0 Å². The molecule has 3 aliphatic rings. The van der Waals surface area contributed by atoms with Crippen molar-refractivity contribution < 1.29 is 0 Å². The van der Waals surface area contributed by atoms with Gasteiger partial charge in [0.05, 0.1) is 22.4 Å². The SMILES string of the molecule is Cc1ccc2c(c1N1c3ccccc3C3(CCCCC3)C1C)Cc1nc3ccccc3n1-2. The molecule has 1 saturated carbocycles. The van der Waals surface area contributed by atoms with Gasteiger partial charge in [0.25, 0.3) is 0 Å². The van der Waals surface area contributed by atoms with E-state index in [1.54, 1.807) is 5.56 Å². The number of imidazole rings is 1. The maximum atomic E-state index is 5.00. The Morgan fingerprint density at radius 1 is 0.875 bits per heavy atom. The Morgan fingerprint density at radius 3 is 2.53 bits per heavy atom. The maximum absolute atomic E-state index is 5.00. The van der Waals surface area contributed by atoms with Crippen molar-refractivity contribution in [3.8, 4) is 5.69 Å². The summed E-state index contributed by atoms with van der Waals surface area (Å²) < 4.78 is 2.39. The smallest absolute Gasteiger partial charge is 0.119 e. The number of anilines is 2. The molecule has 3 aromatic carbocycles. The molecule has 1 aliphatic carbocycles. The largest absolute Gasteiger partial charge is 0.337 e. The van der Waals surface area contributed by atoms with Crippen molar-refractivity contribution in [2.45, 2.75) is 63.8 Å². The van der Waals surface area contributed by atoms with Crippen molar-refractivity contribution in [3.05, 3.63) is 83.2 Å². The summed E-state index contributed by atoms with van der Waals surface area (Å²) in [4.78, 5) is 7.69. The van der Waals surface area contributed by atoms with Crippen molar-refractivity contribution in [2.75, 3.05) is 4.90 Å². The molecule has 160 valence electrons. The zero-order chi connectivity index (χ0) is 21.4. The van der Waals surface area contributed by atoms with E-state index in [9.17, 15) is 0 Å². The molecule has 7 rings (SSSR count). The minimum Gasteiger partial charge on any atom is -0.337 e. The number of aryl methyl sites for hydroxylation is 1. The van der Waals surface area contributed by atoms with Crippen molar-refractivity contribution in [2.24, 2.45) is 0 Å². The highest BCUT2D eigenvalue weighted by molar-refractivity contribution is 5.85. The average molecular weight is 420 g/mol. The summed E-state index contributed by atoms with van der Waals surface area (Å²) in [5.41, 5.74) is 11.1. The van der Waals surface area contributed by atoms with Gasteiger partial charge in [-0.3, -0.25) is 4.57 Å². The number of hydrogen-bond donors (Lipinski definition) is 0. The predicted molar refractivity (Wildman–Crippen MR) is 131 cm³/mol. The number of aromatic nitrogens is 2. The van der Waals surface area contributed by atoms with Gasteiger partial charge in [-0.2, -0.15) is 0 Å². The molecule has 2 aliphatic heterocycles. The van der Waals surface area contributed by atoms with Gasteiger partial charge < -0.3 is 4.90 Å². The highest BCUT2D eigenvalue weighted by Crippen LogP contribution is 2.56. The van der Waals surface area contributed by atoms with Gasteiger partial charge in [0, 0.05) is 29.1 Å². The third kappa shape index (κ3) is 2.24. The second-order valence-corrected chi connectivity index (χ2v) is 10.0. The second-order valence-electron chi connectivity index (χ2n) is 10.0. The van der Waals surface area contributed by atoms with Crippen LogP contribution in [0.5, 0.6) is 0 Å². The van der Waals surface area contributed by atoms with Crippen LogP contribution < -0.4 is 4.90 Å². The van der Waals surface area contributed by atoms with Crippen LogP contribution in [0.1, 0.15) is 61.5 Å². The third-order valence-electron chi connectivity index (χ3n) is 8.54. The van der Waals surface area contributed by atoms with E-state index in [2.05, 4.69) is 84.0 Å². The van der Waals surface area contributed by atoms with Gasteiger partial charge >= 0.3 is 0 Å². The lowest BCUT2D eigenvalue weighted by molar-refractivity contribution is 0.268. The molecular formula is C29H29N3. The van der Waals surface area contributed by atoms with Gasteiger partial charge in [-0.15, -0.1) is 0 Å². The molecular weight excluding hydrogens is 390 g/mol. The Balaban J connectivity index is 1.45. The zero-order valence-corrected chi connectivity index (χ0v) is 18.9. The molecule has 1 fully saturated rings. The first-order valence-corrected chi connectivity index (χ1v) is 12.2. The Hall–Kier alpha value is -3.07. The lowest BCUT2D eigenvalue weighted by Gasteiger charge is -2.41. The summed E-state index contributed by atoms with van der Waals surface area (Å²) in [7, 11) is 0. The highest BCUT2D eigenvalue weighted by atomic mass is 15.2. The standard InChI is InChI=1S/C29H29N3/c1-19-14-15-24-21(18-27-30-23-11-5-7-13-26(23)32(24)27)28(19)31-20(2)29(16-8-3-9-17-29)22-10-4-6-12-25(22)31/h4-7,10-15,20H,3,8-9,16-18H2,1-2H3. The molecule has 1 atom stereocenters. The van der Waals surface area contributed by atoms with Crippen LogP contribution in [0.2, 0.25) is 0 Å². The van der Waals surface area contributed by atoms with Gasteiger partial charge in [0.1, 0.15) is 5.82 Å². The van der Waals surface area contributed by atoms with E-state index < -0.39 is 0 Å². The summed E-state index contributed by atoms with van der Waals surface area (Å²) in [5, 5.41) is 0. The molecule has 0 bridgehead atoms. The van der Waals surface area contributed by atoms with Crippen LogP contribution in [0.3, 0.4) is 0 Å². The Kier molecular flexibility index (Phi) is 3.74. The lowest BCUT2D eigenvalue weighted by Crippen LogP contribution is -2.42. The molecule has 0 N–H and O–H groups in total. The van der Waals surface area contributed by atoms with Crippen molar-refractivity contribution in [1.82, 2.24) is 9.55 Å². The maximum Gasteiger partial charge on any atom is 0.119 e. The van der Waals surface area contributed by atoms with Gasteiger partial charge in [-0.25, -0.2) is 4.98 Å². The van der Waals surface area contributed by atoms with E-state index in [4.69, 9.17) is 4.98 Å². The number of benzene rings is 3. The minimum absolute atomic E-state index is 0.281. The first-order chi connectivity index (χ1) is 15.7. The van der Waals surface area contributed by atoms with Gasteiger partial charge in [-0.05, 0) is 62.1 Å². The molecule has 0 saturated heterocycles. The first kappa shape index (κ1) is 18.5.